The Hall–Kier alpha value is -1.30. The number of benzene rings is 1. The molecule has 1 aliphatic rings. The van der Waals surface area contributed by atoms with Gasteiger partial charge in [-0.2, -0.15) is 4.98 Å². The van der Waals surface area contributed by atoms with Gasteiger partial charge in [-0.25, -0.2) is 0 Å². The zero-order valence-electron chi connectivity index (χ0n) is 11.0. The van der Waals surface area contributed by atoms with E-state index in [1.54, 1.807) is 0 Å². The molecule has 0 spiro atoms. The van der Waals surface area contributed by atoms with E-state index in [1.807, 2.05) is 24.3 Å². The van der Waals surface area contributed by atoms with Gasteiger partial charge in [0, 0.05) is 26.2 Å². The van der Waals surface area contributed by atoms with E-state index in [2.05, 4.69) is 25.0 Å². The minimum absolute atomic E-state index is 0.0999. The molecule has 0 N–H and O–H groups in total. The van der Waals surface area contributed by atoms with Crippen LogP contribution >= 0.6 is 34.8 Å². The van der Waals surface area contributed by atoms with Crippen LogP contribution in [0.3, 0.4) is 0 Å². The molecule has 0 aliphatic carbocycles. The molecule has 5 nitrogen and oxygen atoms in total. The number of hydrogen-bond donors (Lipinski definition) is 0. The van der Waals surface area contributed by atoms with Crippen LogP contribution < -0.4 is 9.80 Å². The number of aromatic nitrogens is 3. The number of rotatable bonds is 2. The molecule has 1 aromatic carbocycles. The van der Waals surface area contributed by atoms with Gasteiger partial charge in [-0.1, -0.05) is 35.3 Å². The third-order valence-corrected chi connectivity index (χ3v) is 4.10. The minimum atomic E-state index is 0.0999. The molecule has 0 atom stereocenters. The van der Waals surface area contributed by atoms with Gasteiger partial charge in [-0.15, -0.1) is 10.2 Å². The number of nitrogens with zero attached hydrogens (tertiary/aromatic N) is 5. The van der Waals surface area contributed by atoms with Gasteiger partial charge in [0.1, 0.15) is 0 Å². The van der Waals surface area contributed by atoms with Gasteiger partial charge >= 0.3 is 0 Å². The predicted octanol–water partition coefficient (Wildman–Crippen LogP) is 3.16. The molecule has 2 heterocycles. The van der Waals surface area contributed by atoms with Crippen LogP contribution in [0.5, 0.6) is 0 Å². The average Bonchev–Trinajstić information content (AvgIpc) is 2.50. The highest BCUT2D eigenvalue weighted by Crippen LogP contribution is 2.28. The number of hydrogen-bond acceptors (Lipinski definition) is 5. The topological polar surface area (TPSA) is 45.2 Å². The van der Waals surface area contributed by atoms with Crippen LogP contribution in [0, 0.1) is 0 Å². The van der Waals surface area contributed by atoms with Crippen LogP contribution in [0.25, 0.3) is 0 Å². The Labute approximate surface area is 137 Å². The fourth-order valence-electron chi connectivity index (χ4n) is 2.35. The fourth-order valence-corrected chi connectivity index (χ4v) is 2.93. The molecule has 0 amide bonds. The molecule has 110 valence electrons. The van der Waals surface area contributed by atoms with Crippen molar-refractivity contribution in [1.29, 1.82) is 0 Å². The summed E-state index contributed by atoms with van der Waals surface area (Å²) < 4.78 is 0. The first kappa shape index (κ1) is 14.6. The van der Waals surface area contributed by atoms with Gasteiger partial charge in [0.15, 0.2) is 11.0 Å². The summed E-state index contributed by atoms with van der Waals surface area (Å²) in [6, 6.07) is 7.83. The van der Waals surface area contributed by atoms with Crippen molar-refractivity contribution >= 4 is 46.3 Å². The molecular weight excluding hydrogens is 333 g/mol. The Bertz CT molecular complexity index is 643. The first-order valence-electron chi connectivity index (χ1n) is 6.45. The van der Waals surface area contributed by atoms with Crippen molar-refractivity contribution < 1.29 is 0 Å². The van der Waals surface area contributed by atoms with E-state index >= 15 is 0 Å². The summed E-state index contributed by atoms with van der Waals surface area (Å²) in [7, 11) is 0. The van der Waals surface area contributed by atoms with Crippen molar-refractivity contribution in [3.8, 4) is 0 Å². The van der Waals surface area contributed by atoms with Crippen molar-refractivity contribution in [2.24, 2.45) is 0 Å². The molecule has 21 heavy (non-hydrogen) atoms. The van der Waals surface area contributed by atoms with Gasteiger partial charge in [0.25, 0.3) is 0 Å². The van der Waals surface area contributed by atoms with Crippen molar-refractivity contribution in [1.82, 2.24) is 15.2 Å². The van der Waals surface area contributed by atoms with Gasteiger partial charge < -0.3 is 9.80 Å². The van der Waals surface area contributed by atoms with E-state index in [-0.39, 0.29) is 10.4 Å². The van der Waals surface area contributed by atoms with Crippen LogP contribution in [0.2, 0.25) is 15.5 Å². The summed E-state index contributed by atoms with van der Waals surface area (Å²) >= 11 is 18.1. The number of piperazine rings is 1. The molecule has 3 rings (SSSR count). The molecular formula is C13H12Cl3N5. The molecule has 0 bridgehead atoms. The van der Waals surface area contributed by atoms with Crippen molar-refractivity contribution in [3.63, 3.8) is 0 Å². The van der Waals surface area contributed by atoms with Crippen LogP contribution in [-0.2, 0) is 0 Å². The summed E-state index contributed by atoms with van der Waals surface area (Å²) in [4.78, 5) is 8.44. The molecule has 2 aromatic rings. The number of halogens is 3. The maximum Gasteiger partial charge on any atom is 0.245 e. The second-order valence-corrected chi connectivity index (χ2v) is 5.72. The van der Waals surface area contributed by atoms with Gasteiger partial charge in [-0.05, 0) is 23.7 Å². The normalized spacial score (nSPS) is 15.4. The Morgan fingerprint density at radius 2 is 1.52 bits per heavy atom. The summed E-state index contributed by atoms with van der Waals surface area (Å²) in [5, 5.41) is 8.54. The fraction of sp³-hybridized carbons (Fsp3) is 0.308. The number of para-hydroxylation sites is 1. The lowest BCUT2D eigenvalue weighted by Crippen LogP contribution is -2.47. The van der Waals surface area contributed by atoms with E-state index in [0.29, 0.717) is 5.82 Å². The Morgan fingerprint density at radius 3 is 2.24 bits per heavy atom. The maximum atomic E-state index is 6.23. The zero-order valence-corrected chi connectivity index (χ0v) is 13.3. The third-order valence-electron chi connectivity index (χ3n) is 3.38. The van der Waals surface area contributed by atoms with E-state index in [4.69, 9.17) is 34.8 Å². The smallest absolute Gasteiger partial charge is 0.245 e. The van der Waals surface area contributed by atoms with Crippen LogP contribution in [0.1, 0.15) is 0 Å². The lowest BCUT2D eigenvalue weighted by molar-refractivity contribution is 0.644. The Balaban J connectivity index is 1.73. The molecule has 0 unspecified atom stereocenters. The van der Waals surface area contributed by atoms with E-state index in [9.17, 15) is 0 Å². The van der Waals surface area contributed by atoms with E-state index in [1.165, 1.54) is 0 Å². The van der Waals surface area contributed by atoms with Crippen molar-refractivity contribution in [2.45, 2.75) is 0 Å². The molecule has 1 saturated heterocycles. The van der Waals surface area contributed by atoms with E-state index in [0.717, 1.165) is 36.9 Å². The highest BCUT2D eigenvalue weighted by Gasteiger charge is 2.22. The van der Waals surface area contributed by atoms with Crippen LogP contribution in [0.15, 0.2) is 24.3 Å². The number of anilines is 2. The summed E-state index contributed by atoms with van der Waals surface area (Å²) in [6.45, 7) is 3.17. The highest BCUT2D eigenvalue weighted by atomic mass is 35.5. The molecule has 8 heteroatoms. The summed E-state index contributed by atoms with van der Waals surface area (Å²) in [5.74, 6) is 0.579. The van der Waals surface area contributed by atoms with Crippen LogP contribution in [0.4, 0.5) is 11.5 Å². The van der Waals surface area contributed by atoms with Gasteiger partial charge in [0.05, 0.1) is 10.7 Å². The first-order chi connectivity index (χ1) is 10.1. The molecule has 1 fully saturated rings. The monoisotopic (exact) mass is 343 g/mol. The lowest BCUT2D eigenvalue weighted by Gasteiger charge is -2.37. The molecule has 0 saturated carbocycles. The van der Waals surface area contributed by atoms with Crippen molar-refractivity contribution in [2.75, 3.05) is 36.0 Å². The highest BCUT2D eigenvalue weighted by molar-refractivity contribution is 6.33. The van der Waals surface area contributed by atoms with Gasteiger partial charge in [-0.3, -0.25) is 0 Å². The lowest BCUT2D eigenvalue weighted by atomic mass is 10.2. The predicted molar refractivity (Wildman–Crippen MR) is 85.7 cm³/mol. The Morgan fingerprint density at radius 1 is 0.857 bits per heavy atom. The Kier molecular flexibility index (Phi) is 4.33. The standard InChI is InChI=1S/C13H12Cl3N5/c14-9-3-1-2-4-10(9)20-5-7-21(8-6-20)12-11(15)18-19-13(16)17-12/h1-4H,5-8H2. The van der Waals surface area contributed by atoms with Crippen molar-refractivity contribution in [3.05, 3.63) is 39.7 Å². The summed E-state index contributed by atoms with van der Waals surface area (Å²) in [5.41, 5.74) is 1.05. The van der Waals surface area contributed by atoms with E-state index < -0.39 is 0 Å². The second kappa shape index (κ2) is 6.22. The largest absolute Gasteiger partial charge is 0.367 e. The van der Waals surface area contributed by atoms with Gasteiger partial charge in [0.2, 0.25) is 5.28 Å². The third kappa shape index (κ3) is 3.15. The maximum absolute atomic E-state index is 6.23. The first-order valence-corrected chi connectivity index (χ1v) is 7.58. The quantitative estimate of drug-likeness (QED) is 0.837. The molecule has 0 radical (unpaired) electrons. The zero-order chi connectivity index (χ0) is 14.8. The SMILES string of the molecule is Clc1nnc(Cl)c(N2CCN(c3ccccc3Cl)CC2)n1. The minimum Gasteiger partial charge on any atom is -0.367 e. The second-order valence-electron chi connectivity index (χ2n) is 4.62. The molecule has 1 aromatic heterocycles. The summed E-state index contributed by atoms with van der Waals surface area (Å²) in [6.07, 6.45) is 0. The molecule has 1 aliphatic heterocycles. The van der Waals surface area contributed by atoms with Crippen LogP contribution in [-0.4, -0.2) is 41.4 Å². The average molecular weight is 345 g/mol.